The zero-order chi connectivity index (χ0) is 15.1. The highest BCUT2D eigenvalue weighted by molar-refractivity contribution is 5.56. The molecule has 0 radical (unpaired) electrons. The Labute approximate surface area is 124 Å². The first kappa shape index (κ1) is 15.3. The molecule has 0 bridgehead atoms. The lowest BCUT2D eigenvalue weighted by molar-refractivity contribution is 0.105. The highest BCUT2D eigenvalue weighted by Crippen LogP contribution is 2.24. The lowest BCUT2D eigenvalue weighted by Crippen LogP contribution is -2.23. The third-order valence-corrected chi connectivity index (χ3v) is 3.11. The van der Waals surface area contributed by atoms with Crippen molar-refractivity contribution in [2.75, 3.05) is 18.5 Å². The van der Waals surface area contributed by atoms with E-state index >= 15 is 0 Å². The number of aryl methyl sites for hydroxylation is 1. The van der Waals surface area contributed by atoms with Gasteiger partial charge in [0, 0.05) is 19.3 Å². The molecule has 2 aromatic rings. The maximum atomic E-state index is 9.39. The monoisotopic (exact) mass is 291 g/mol. The molecule has 3 N–H and O–H groups in total. The fraction of sp³-hybridized carbons (Fsp3) is 0.400. The molecule has 6 nitrogen and oxygen atoms in total. The normalized spacial score (nSPS) is 12.1. The molecular formula is C15H21N3O3. The molecule has 1 unspecified atom stereocenters. The van der Waals surface area contributed by atoms with Gasteiger partial charge >= 0.3 is 0 Å². The van der Waals surface area contributed by atoms with Crippen LogP contribution in [0.2, 0.25) is 0 Å². The summed E-state index contributed by atoms with van der Waals surface area (Å²) < 4.78 is 7.70. The first-order valence-corrected chi connectivity index (χ1v) is 7.00. The summed E-state index contributed by atoms with van der Waals surface area (Å²) in [7, 11) is 0. The molecule has 1 atom stereocenters. The van der Waals surface area contributed by atoms with Crippen LogP contribution in [0, 0.1) is 0 Å². The minimum atomic E-state index is -0.792. The van der Waals surface area contributed by atoms with Gasteiger partial charge in [-0.1, -0.05) is 12.1 Å². The van der Waals surface area contributed by atoms with E-state index in [4.69, 9.17) is 9.84 Å². The van der Waals surface area contributed by atoms with Crippen LogP contribution < -0.4 is 10.1 Å². The van der Waals surface area contributed by atoms with Crippen LogP contribution >= 0.6 is 0 Å². The summed E-state index contributed by atoms with van der Waals surface area (Å²) in [6.45, 7) is 3.25. The molecule has 0 aliphatic heterocycles. The van der Waals surface area contributed by atoms with E-state index in [-0.39, 0.29) is 13.2 Å². The van der Waals surface area contributed by atoms with Crippen molar-refractivity contribution >= 4 is 5.69 Å². The second-order valence-electron chi connectivity index (χ2n) is 4.64. The van der Waals surface area contributed by atoms with E-state index in [9.17, 15) is 5.11 Å². The Bertz CT molecular complexity index is 557. The Kier molecular flexibility index (Phi) is 5.59. The van der Waals surface area contributed by atoms with Crippen molar-refractivity contribution in [3.63, 3.8) is 0 Å². The molecule has 1 aromatic carbocycles. The van der Waals surface area contributed by atoms with Crippen LogP contribution in [0.1, 0.15) is 12.6 Å². The summed E-state index contributed by atoms with van der Waals surface area (Å²) in [5.41, 5.74) is 1.79. The number of rotatable bonds is 8. The van der Waals surface area contributed by atoms with E-state index in [1.54, 1.807) is 6.20 Å². The van der Waals surface area contributed by atoms with Crippen molar-refractivity contribution in [2.45, 2.75) is 26.2 Å². The van der Waals surface area contributed by atoms with Crippen molar-refractivity contribution in [2.24, 2.45) is 0 Å². The molecule has 0 aliphatic rings. The number of aromatic nitrogens is 2. The fourth-order valence-corrected chi connectivity index (χ4v) is 1.95. The van der Waals surface area contributed by atoms with Crippen LogP contribution in [0.5, 0.6) is 5.75 Å². The Morgan fingerprint density at radius 3 is 2.90 bits per heavy atom. The quantitative estimate of drug-likeness (QED) is 0.682. The van der Waals surface area contributed by atoms with E-state index in [1.807, 2.05) is 41.9 Å². The summed E-state index contributed by atoms with van der Waals surface area (Å²) in [6.07, 6.45) is 0.962. The first-order chi connectivity index (χ1) is 10.2. The summed E-state index contributed by atoms with van der Waals surface area (Å²) in [6, 6.07) is 9.43. The minimum absolute atomic E-state index is 0.268. The van der Waals surface area contributed by atoms with Crippen molar-refractivity contribution in [1.82, 2.24) is 9.78 Å². The van der Waals surface area contributed by atoms with Gasteiger partial charge in [-0.15, -0.1) is 0 Å². The molecule has 0 saturated carbocycles. The Hall–Kier alpha value is -2.05. The van der Waals surface area contributed by atoms with Crippen LogP contribution in [0.15, 0.2) is 36.5 Å². The number of nitrogens with one attached hydrogen (secondary N) is 1. The number of hydrogen-bond acceptors (Lipinski definition) is 5. The van der Waals surface area contributed by atoms with Gasteiger partial charge in [0.2, 0.25) is 0 Å². The van der Waals surface area contributed by atoms with Crippen molar-refractivity contribution in [1.29, 1.82) is 0 Å². The lowest BCUT2D eigenvalue weighted by atomic mass is 10.2. The van der Waals surface area contributed by atoms with Gasteiger partial charge in [0.1, 0.15) is 12.4 Å². The van der Waals surface area contributed by atoms with Gasteiger partial charge in [0.15, 0.2) is 0 Å². The van der Waals surface area contributed by atoms with E-state index in [0.29, 0.717) is 12.4 Å². The lowest BCUT2D eigenvalue weighted by Gasteiger charge is -2.15. The second-order valence-corrected chi connectivity index (χ2v) is 4.64. The average molecular weight is 291 g/mol. The predicted molar refractivity (Wildman–Crippen MR) is 80.3 cm³/mol. The third kappa shape index (κ3) is 4.21. The van der Waals surface area contributed by atoms with Gasteiger partial charge < -0.3 is 20.3 Å². The number of nitrogens with zero attached hydrogens (tertiary/aromatic N) is 2. The van der Waals surface area contributed by atoms with Crippen LogP contribution in [0.4, 0.5) is 5.69 Å². The number of aliphatic hydroxyl groups excluding tert-OH is 2. The Morgan fingerprint density at radius 2 is 2.14 bits per heavy atom. The minimum Gasteiger partial charge on any atom is -0.485 e. The number of aliphatic hydroxyl groups is 2. The molecule has 0 amide bonds. The number of para-hydroxylation sites is 2. The van der Waals surface area contributed by atoms with Gasteiger partial charge in [-0.2, -0.15) is 5.10 Å². The summed E-state index contributed by atoms with van der Waals surface area (Å²) in [5.74, 6) is 0.700. The van der Waals surface area contributed by atoms with Crippen molar-refractivity contribution in [3.8, 4) is 5.75 Å². The van der Waals surface area contributed by atoms with Crippen LogP contribution in [-0.2, 0) is 13.2 Å². The van der Waals surface area contributed by atoms with Crippen LogP contribution in [0.3, 0.4) is 0 Å². The fourth-order valence-electron chi connectivity index (χ4n) is 1.95. The van der Waals surface area contributed by atoms with Gasteiger partial charge in [-0.05, 0) is 25.1 Å². The summed E-state index contributed by atoms with van der Waals surface area (Å²) >= 11 is 0. The molecule has 0 aliphatic carbocycles. The molecular weight excluding hydrogens is 270 g/mol. The maximum absolute atomic E-state index is 9.39. The Balaban J connectivity index is 1.99. The van der Waals surface area contributed by atoms with Gasteiger partial charge in [-0.25, -0.2) is 0 Å². The molecule has 114 valence electrons. The van der Waals surface area contributed by atoms with Crippen molar-refractivity contribution < 1.29 is 14.9 Å². The molecule has 0 fully saturated rings. The average Bonchev–Trinajstić information content (AvgIpc) is 2.98. The first-order valence-electron chi connectivity index (χ1n) is 7.00. The molecule has 2 rings (SSSR count). The summed E-state index contributed by atoms with van der Waals surface area (Å²) in [4.78, 5) is 0. The van der Waals surface area contributed by atoms with Crippen LogP contribution in [-0.4, -0.2) is 39.2 Å². The van der Waals surface area contributed by atoms with E-state index in [2.05, 4.69) is 10.4 Å². The Morgan fingerprint density at radius 1 is 1.33 bits per heavy atom. The SMILES string of the molecule is CCn1nccc1COc1ccccc1NCC(O)CO. The predicted octanol–water partition coefficient (Wildman–Crippen LogP) is 1.25. The largest absolute Gasteiger partial charge is 0.485 e. The maximum Gasteiger partial charge on any atom is 0.142 e. The standard InChI is InChI=1S/C15H21N3O3/c1-2-18-12(7-8-17-18)11-21-15-6-4-3-5-14(15)16-9-13(20)10-19/h3-8,13,16,19-20H,2,9-11H2,1H3. The number of anilines is 1. The zero-order valence-corrected chi connectivity index (χ0v) is 12.1. The molecule has 1 heterocycles. The highest BCUT2D eigenvalue weighted by Gasteiger charge is 2.07. The van der Waals surface area contributed by atoms with Crippen molar-refractivity contribution in [3.05, 3.63) is 42.2 Å². The molecule has 6 heteroatoms. The van der Waals surface area contributed by atoms with Gasteiger partial charge in [-0.3, -0.25) is 4.68 Å². The number of benzene rings is 1. The number of ether oxygens (including phenoxy) is 1. The third-order valence-electron chi connectivity index (χ3n) is 3.11. The smallest absolute Gasteiger partial charge is 0.142 e. The van der Waals surface area contributed by atoms with E-state index < -0.39 is 6.10 Å². The molecule has 1 aromatic heterocycles. The van der Waals surface area contributed by atoms with Gasteiger partial charge in [0.05, 0.1) is 24.1 Å². The zero-order valence-electron chi connectivity index (χ0n) is 12.1. The topological polar surface area (TPSA) is 79.5 Å². The summed E-state index contributed by atoms with van der Waals surface area (Å²) in [5, 5.41) is 25.5. The van der Waals surface area contributed by atoms with Crippen LogP contribution in [0.25, 0.3) is 0 Å². The number of hydrogen-bond donors (Lipinski definition) is 3. The molecule has 21 heavy (non-hydrogen) atoms. The molecule has 0 spiro atoms. The van der Waals surface area contributed by atoms with Gasteiger partial charge in [0.25, 0.3) is 0 Å². The highest BCUT2D eigenvalue weighted by atomic mass is 16.5. The van der Waals surface area contributed by atoms with E-state index in [1.165, 1.54) is 0 Å². The molecule has 0 saturated heterocycles. The second kappa shape index (κ2) is 7.66. The van der Waals surface area contributed by atoms with E-state index in [0.717, 1.165) is 17.9 Å².